The monoisotopic (exact) mass is 183 g/mol. The van der Waals surface area contributed by atoms with Crippen LogP contribution in [0.4, 0.5) is 0 Å². The first-order chi connectivity index (χ1) is 6.34. The van der Waals surface area contributed by atoms with Crippen LogP contribution in [0.3, 0.4) is 0 Å². The molecule has 2 heteroatoms. The van der Waals surface area contributed by atoms with E-state index in [4.69, 9.17) is 4.74 Å². The van der Waals surface area contributed by atoms with Crippen LogP contribution in [-0.2, 0) is 4.74 Å². The molecule has 2 nitrogen and oxygen atoms in total. The van der Waals surface area contributed by atoms with Gasteiger partial charge in [-0.05, 0) is 19.3 Å². The van der Waals surface area contributed by atoms with Crippen LogP contribution in [0.2, 0.25) is 0 Å². The predicted molar refractivity (Wildman–Crippen MR) is 53.8 cm³/mol. The van der Waals surface area contributed by atoms with E-state index in [1.54, 1.807) is 0 Å². The lowest BCUT2D eigenvalue weighted by molar-refractivity contribution is -0.00472. The smallest absolute Gasteiger partial charge is 0.0703 e. The molecule has 0 amide bonds. The normalized spacial score (nSPS) is 36.7. The maximum Gasteiger partial charge on any atom is 0.0703 e. The molecule has 1 aliphatic carbocycles. The molecule has 1 saturated heterocycles. The van der Waals surface area contributed by atoms with Gasteiger partial charge >= 0.3 is 0 Å². The van der Waals surface area contributed by atoms with Crippen LogP contribution < -0.4 is 5.32 Å². The third-order valence-corrected chi connectivity index (χ3v) is 3.35. The summed E-state index contributed by atoms with van der Waals surface area (Å²) in [6.45, 7) is 4.15. The first-order valence-electron chi connectivity index (χ1n) is 5.69. The third kappa shape index (κ3) is 2.68. The molecular formula is C11H21NO. The van der Waals surface area contributed by atoms with E-state index in [0.29, 0.717) is 12.1 Å². The van der Waals surface area contributed by atoms with E-state index in [1.165, 1.54) is 32.1 Å². The quantitative estimate of drug-likeness (QED) is 0.706. The van der Waals surface area contributed by atoms with Crippen LogP contribution in [0.15, 0.2) is 0 Å². The standard InChI is InChI=1S/C11H21NO/c1-9-8-13-11(7-12-9)6-10-4-2-3-5-10/h9-12H,2-8H2,1H3. The Bertz CT molecular complexity index is 146. The van der Waals surface area contributed by atoms with Gasteiger partial charge in [-0.3, -0.25) is 0 Å². The molecule has 2 rings (SSSR count). The Kier molecular flexibility index (Phi) is 3.23. The van der Waals surface area contributed by atoms with Gasteiger partial charge in [-0.15, -0.1) is 0 Å². The van der Waals surface area contributed by atoms with Crippen molar-refractivity contribution >= 4 is 0 Å². The molecular weight excluding hydrogens is 162 g/mol. The summed E-state index contributed by atoms with van der Waals surface area (Å²) in [5.41, 5.74) is 0. The highest BCUT2D eigenvalue weighted by molar-refractivity contribution is 4.77. The summed E-state index contributed by atoms with van der Waals surface area (Å²) in [6, 6.07) is 0.555. The molecule has 0 aromatic rings. The summed E-state index contributed by atoms with van der Waals surface area (Å²) in [5.74, 6) is 0.959. The molecule has 2 aliphatic rings. The Hall–Kier alpha value is -0.0800. The lowest BCUT2D eigenvalue weighted by Gasteiger charge is -2.29. The lowest BCUT2D eigenvalue weighted by atomic mass is 9.99. The van der Waals surface area contributed by atoms with Crippen LogP contribution in [0.1, 0.15) is 39.0 Å². The van der Waals surface area contributed by atoms with Crippen molar-refractivity contribution < 1.29 is 4.74 Å². The number of nitrogens with one attached hydrogen (secondary N) is 1. The fraction of sp³-hybridized carbons (Fsp3) is 1.00. The van der Waals surface area contributed by atoms with Gasteiger partial charge in [-0.2, -0.15) is 0 Å². The average molecular weight is 183 g/mol. The Labute approximate surface area is 81.0 Å². The second-order valence-electron chi connectivity index (χ2n) is 4.65. The van der Waals surface area contributed by atoms with Gasteiger partial charge in [0.15, 0.2) is 0 Å². The minimum Gasteiger partial charge on any atom is -0.375 e. The van der Waals surface area contributed by atoms with Crippen LogP contribution in [0, 0.1) is 5.92 Å². The van der Waals surface area contributed by atoms with Gasteiger partial charge in [0.1, 0.15) is 0 Å². The number of hydrogen-bond donors (Lipinski definition) is 1. The molecule has 76 valence electrons. The largest absolute Gasteiger partial charge is 0.375 e. The fourth-order valence-electron chi connectivity index (χ4n) is 2.50. The topological polar surface area (TPSA) is 21.3 Å². The van der Waals surface area contributed by atoms with Gasteiger partial charge in [0.25, 0.3) is 0 Å². The maximum atomic E-state index is 5.79. The van der Waals surface area contributed by atoms with Gasteiger partial charge in [-0.1, -0.05) is 25.7 Å². The van der Waals surface area contributed by atoms with Crippen molar-refractivity contribution in [1.82, 2.24) is 5.32 Å². The Morgan fingerprint density at radius 1 is 1.31 bits per heavy atom. The highest BCUT2D eigenvalue weighted by atomic mass is 16.5. The van der Waals surface area contributed by atoms with Crippen molar-refractivity contribution in [3.8, 4) is 0 Å². The molecule has 0 aromatic heterocycles. The summed E-state index contributed by atoms with van der Waals surface area (Å²) >= 11 is 0. The van der Waals surface area contributed by atoms with Crippen LogP contribution in [-0.4, -0.2) is 25.3 Å². The van der Waals surface area contributed by atoms with Crippen LogP contribution in [0.25, 0.3) is 0 Å². The predicted octanol–water partition coefficient (Wildman–Crippen LogP) is 1.94. The summed E-state index contributed by atoms with van der Waals surface area (Å²) in [6.07, 6.45) is 7.56. The van der Waals surface area contributed by atoms with E-state index >= 15 is 0 Å². The zero-order chi connectivity index (χ0) is 9.10. The van der Waals surface area contributed by atoms with E-state index in [2.05, 4.69) is 12.2 Å². The van der Waals surface area contributed by atoms with Crippen molar-refractivity contribution in [2.75, 3.05) is 13.2 Å². The van der Waals surface area contributed by atoms with Gasteiger partial charge in [0.05, 0.1) is 12.7 Å². The molecule has 1 aliphatic heterocycles. The molecule has 2 unspecified atom stereocenters. The number of rotatable bonds is 2. The summed E-state index contributed by atoms with van der Waals surface area (Å²) < 4.78 is 5.79. The number of morpholine rings is 1. The van der Waals surface area contributed by atoms with Gasteiger partial charge in [0.2, 0.25) is 0 Å². The average Bonchev–Trinajstić information content (AvgIpc) is 2.62. The molecule has 2 fully saturated rings. The van der Waals surface area contributed by atoms with Crippen molar-refractivity contribution in [2.24, 2.45) is 5.92 Å². The van der Waals surface area contributed by atoms with Crippen LogP contribution >= 0.6 is 0 Å². The highest BCUT2D eigenvalue weighted by Gasteiger charge is 2.23. The first-order valence-corrected chi connectivity index (χ1v) is 5.69. The molecule has 0 aromatic carbocycles. The number of ether oxygens (including phenoxy) is 1. The molecule has 13 heavy (non-hydrogen) atoms. The number of hydrogen-bond acceptors (Lipinski definition) is 2. The Balaban J connectivity index is 1.69. The second kappa shape index (κ2) is 4.43. The zero-order valence-electron chi connectivity index (χ0n) is 8.59. The summed E-state index contributed by atoms with van der Waals surface area (Å²) in [7, 11) is 0. The summed E-state index contributed by atoms with van der Waals surface area (Å²) in [5, 5.41) is 3.48. The summed E-state index contributed by atoms with van der Waals surface area (Å²) in [4.78, 5) is 0. The molecule has 1 N–H and O–H groups in total. The molecule has 1 heterocycles. The van der Waals surface area contributed by atoms with Crippen LogP contribution in [0.5, 0.6) is 0 Å². The molecule has 2 atom stereocenters. The molecule has 0 bridgehead atoms. The van der Waals surface area contributed by atoms with E-state index in [9.17, 15) is 0 Å². The molecule has 1 saturated carbocycles. The van der Waals surface area contributed by atoms with Crippen molar-refractivity contribution in [3.63, 3.8) is 0 Å². The second-order valence-corrected chi connectivity index (χ2v) is 4.65. The minimum atomic E-state index is 0.499. The highest BCUT2D eigenvalue weighted by Crippen LogP contribution is 2.29. The van der Waals surface area contributed by atoms with Crippen molar-refractivity contribution in [1.29, 1.82) is 0 Å². The Morgan fingerprint density at radius 2 is 2.08 bits per heavy atom. The van der Waals surface area contributed by atoms with E-state index in [0.717, 1.165) is 19.1 Å². The first kappa shape index (κ1) is 9.47. The SMILES string of the molecule is CC1COC(CC2CCCC2)CN1. The van der Waals surface area contributed by atoms with E-state index in [1.807, 2.05) is 0 Å². The van der Waals surface area contributed by atoms with Gasteiger partial charge in [-0.25, -0.2) is 0 Å². The van der Waals surface area contributed by atoms with Gasteiger partial charge < -0.3 is 10.1 Å². The molecule has 0 radical (unpaired) electrons. The fourth-order valence-corrected chi connectivity index (χ4v) is 2.50. The van der Waals surface area contributed by atoms with Crippen molar-refractivity contribution in [3.05, 3.63) is 0 Å². The Morgan fingerprint density at radius 3 is 2.69 bits per heavy atom. The van der Waals surface area contributed by atoms with Crippen molar-refractivity contribution in [2.45, 2.75) is 51.2 Å². The molecule has 0 spiro atoms. The lowest BCUT2D eigenvalue weighted by Crippen LogP contribution is -2.45. The zero-order valence-corrected chi connectivity index (χ0v) is 8.59. The maximum absolute atomic E-state index is 5.79. The third-order valence-electron chi connectivity index (χ3n) is 3.35. The van der Waals surface area contributed by atoms with E-state index < -0.39 is 0 Å². The van der Waals surface area contributed by atoms with E-state index in [-0.39, 0.29) is 0 Å². The minimum absolute atomic E-state index is 0.499. The van der Waals surface area contributed by atoms with Gasteiger partial charge in [0, 0.05) is 12.6 Å².